The monoisotopic (exact) mass is 412 g/mol. The standard InChI is InChI=1S/C16H13FN2O6S2/c17-10-1-3-12(4-2-10)23-8-14-19-11(9-26-14)7-24-16(20)13-5-6-15(25-13)27(18,21)22/h1-6,9H,7-8H2,(H2,18,21,22). The van der Waals surface area contributed by atoms with Crippen molar-refractivity contribution >= 4 is 27.3 Å². The Morgan fingerprint density at radius 3 is 2.59 bits per heavy atom. The van der Waals surface area contributed by atoms with Crippen molar-refractivity contribution in [3.8, 4) is 5.75 Å². The van der Waals surface area contributed by atoms with Gasteiger partial charge in [0.25, 0.3) is 10.0 Å². The second-order valence-corrected chi connectivity index (χ2v) is 7.65. The first-order valence-corrected chi connectivity index (χ1v) is 9.85. The molecule has 2 N–H and O–H groups in total. The van der Waals surface area contributed by atoms with Gasteiger partial charge in [0.2, 0.25) is 10.9 Å². The fourth-order valence-electron chi connectivity index (χ4n) is 1.95. The van der Waals surface area contributed by atoms with Gasteiger partial charge in [-0.1, -0.05) is 0 Å². The van der Waals surface area contributed by atoms with E-state index in [1.165, 1.54) is 35.6 Å². The van der Waals surface area contributed by atoms with Crippen molar-refractivity contribution in [2.75, 3.05) is 0 Å². The molecular weight excluding hydrogens is 399 g/mol. The van der Waals surface area contributed by atoms with E-state index in [4.69, 9.17) is 19.0 Å². The normalized spacial score (nSPS) is 11.3. The molecule has 0 unspecified atom stereocenters. The molecule has 0 saturated carbocycles. The van der Waals surface area contributed by atoms with E-state index in [0.717, 1.165) is 12.1 Å². The summed E-state index contributed by atoms with van der Waals surface area (Å²) in [7, 11) is -4.03. The fraction of sp³-hybridized carbons (Fsp3) is 0.125. The second kappa shape index (κ2) is 7.86. The van der Waals surface area contributed by atoms with Gasteiger partial charge in [0.1, 0.15) is 29.8 Å². The lowest BCUT2D eigenvalue weighted by Gasteiger charge is -2.03. The molecule has 0 fully saturated rings. The predicted molar refractivity (Wildman–Crippen MR) is 92.0 cm³/mol. The number of nitrogens with two attached hydrogens (primary N) is 1. The van der Waals surface area contributed by atoms with E-state index in [1.807, 2.05) is 0 Å². The van der Waals surface area contributed by atoms with Crippen LogP contribution in [0.5, 0.6) is 5.75 Å². The van der Waals surface area contributed by atoms with Gasteiger partial charge in [-0.25, -0.2) is 27.7 Å². The first kappa shape index (κ1) is 19.0. The number of sulfonamides is 1. The summed E-state index contributed by atoms with van der Waals surface area (Å²) in [5.74, 6) is -0.979. The zero-order chi connectivity index (χ0) is 19.4. The van der Waals surface area contributed by atoms with E-state index in [0.29, 0.717) is 16.5 Å². The zero-order valence-electron chi connectivity index (χ0n) is 13.6. The number of hydrogen-bond donors (Lipinski definition) is 1. The van der Waals surface area contributed by atoms with Gasteiger partial charge in [0, 0.05) is 5.38 Å². The van der Waals surface area contributed by atoms with Gasteiger partial charge in [-0.05, 0) is 36.4 Å². The molecule has 0 aliphatic heterocycles. The van der Waals surface area contributed by atoms with Crippen molar-refractivity contribution in [3.05, 3.63) is 64.1 Å². The molecule has 1 aromatic carbocycles. The van der Waals surface area contributed by atoms with E-state index >= 15 is 0 Å². The maximum absolute atomic E-state index is 12.8. The number of thiazole rings is 1. The largest absolute Gasteiger partial charge is 0.486 e. The second-order valence-electron chi connectivity index (χ2n) is 5.22. The van der Waals surface area contributed by atoms with Crippen LogP contribution in [-0.2, 0) is 28.0 Å². The van der Waals surface area contributed by atoms with Gasteiger partial charge in [0.05, 0.1) is 5.69 Å². The average molecular weight is 412 g/mol. The molecule has 2 aromatic heterocycles. The SMILES string of the molecule is NS(=O)(=O)c1ccc(C(=O)OCc2csc(COc3ccc(F)cc3)n2)o1. The summed E-state index contributed by atoms with van der Waals surface area (Å²) >= 11 is 1.31. The van der Waals surface area contributed by atoms with Crippen LogP contribution in [-0.4, -0.2) is 19.4 Å². The molecule has 0 saturated heterocycles. The van der Waals surface area contributed by atoms with Crippen molar-refractivity contribution in [1.82, 2.24) is 4.98 Å². The zero-order valence-corrected chi connectivity index (χ0v) is 15.3. The predicted octanol–water partition coefficient (Wildman–Crippen LogP) is 2.46. The van der Waals surface area contributed by atoms with Gasteiger partial charge >= 0.3 is 5.97 Å². The lowest BCUT2D eigenvalue weighted by Crippen LogP contribution is -2.11. The minimum Gasteiger partial charge on any atom is -0.486 e. The third-order valence-electron chi connectivity index (χ3n) is 3.19. The first-order valence-electron chi connectivity index (χ1n) is 7.42. The summed E-state index contributed by atoms with van der Waals surface area (Å²) in [5, 5.41) is 6.71. The molecule has 0 radical (unpaired) electrons. The van der Waals surface area contributed by atoms with Crippen molar-refractivity contribution in [3.63, 3.8) is 0 Å². The number of rotatable bonds is 7. The van der Waals surface area contributed by atoms with Crippen molar-refractivity contribution < 1.29 is 31.5 Å². The number of aromatic nitrogens is 1. The quantitative estimate of drug-likeness (QED) is 0.592. The van der Waals surface area contributed by atoms with Crippen LogP contribution >= 0.6 is 11.3 Å². The van der Waals surface area contributed by atoms with Crippen molar-refractivity contribution in [2.24, 2.45) is 5.14 Å². The maximum atomic E-state index is 12.8. The van der Waals surface area contributed by atoms with E-state index in [9.17, 15) is 17.6 Å². The Morgan fingerprint density at radius 1 is 1.19 bits per heavy atom. The van der Waals surface area contributed by atoms with Crippen LogP contribution in [0.2, 0.25) is 0 Å². The van der Waals surface area contributed by atoms with Gasteiger partial charge in [-0.3, -0.25) is 0 Å². The Bertz CT molecular complexity index is 1040. The van der Waals surface area contributed by atoms with Gasteiger partial charge in [0.15, 0.2) is 0 Å². The van der Waals surface area contributed by atoms with Crippen molar-refractivity contribution in [2.45, 2.75) is 18.3 Å². The Labute approximate surface area is 157 Å². The minimum absolute atomic E-state index is 0.128. The number of carbonyl (C=O) groups is 1. The molecule has 0 aliphatic carbocycles. The molecule has 2 heterocycles. The molecule has 0 amide bonds. The molecule has 142 valence electrons. The number of nitrogens with zero attached hydrogens (tertiary/aromatic N) is 1. The maximum Gasteiger partial charge on any atom is 0.374 e. The summed E-state index contributed by atoms with van der Waals surface area (Å²) in [6.07, 6.45) is 0. The van der Waals surface area contributed by atoms with Crippen LogP contribution < -0.4 is 9.88 Å². The highest BCUT2D eigenvalue weighted by molar-refractivity contribution is 7.89. The molecule has 8 nitrogen and oxygen atoms in total. The summed E-state index contributed by atoms with van der Waals surface area (Å²) in [6.45, 7) is 0.0530. The highest BCUT2D eigenvalue weighted by Gasteiger charge is 2.19. The summed E-state index contributed by atoms with van der Waals surface area (Å²) in [6, 6.07) is 7.82. The lowest BCUT2D eigenvalue weighted by molar-refractivity contribution is 0.0425. The number of furan rings is 1. The Hall–Kier alpha value is -2.76. The number of benzene rings is 1. The molecule has 0 spiro atoms. The van der Waals surface area contributed by atoms with Crippen LogP contribution in [0.25, 0.3) is 0 Å². The number of hydrogen-bond acceptors (Lipinski definition) is 8. The smallest absolute Gasteiger partial charge is 0.374 e. The van der Waals surface area contributed by atoms with Gasteiger partial charge in [-0.2, -0.15) is 0 Å². The molecule has 27 heavy (non-hydrogen) atoms. The minimum atomic E-state index is -4.03. The average Bonchev–Trinajstić information content (AvgIpc) is 3.28. The summed E-state index contributed by atoms with van der Waals surface area (Å²) in [4.78, 5) is 16.1. The van der Waals surface area contributed by atoms with Crippen molar-refractivity contribution in [1.29, 1.82) is 0 Å². The van der Waals surface area contributed by atoms with E-state index < -0.39 is 21.1 Å². The molecule has 0 bridgehead atoms. The highest BCUT2D eigenvalue weighted by Crippen LogP contribution is 2.17. The number of ether oxygens (including phenoxy) is 2. The Balaban J connectivity index is 1.52. The molecular formula is C16H13FN2O6S2. The molecule has 0 aliphatic rings. The van der Waals surface area contributed by atoms with Gasteiger partial charge in [-0.15, -0.1) is 11.3 Å². The third-order valence-corrected chi connectivity index (χ3v) is 4.84. The van der Waals surface area contributed by atoms with Crippen LogP contribution in [0, 0.1) is 5.82 Å². The van der Waals surface area contributed by atoms with E-state index in [1.54, 1.807) is 5.38 Å². The van der Waals surface area contributed by atoms with Crippen LogP contribution in [0.15, 0.2) is 51.3 Å². The number of esters is 1. The van der Waals surface area contributed by atoms with Crippen LogP contribution in [0.3, 0.4) is 0 Å². The summed E-state index contributed by atoms with van der Waals surface area (Å²) in [5.41, 5.74) is 0.490. The molecule has 0 atom stereocenters. The van der Waals surface area contributed by atoms with Gasteiger partial charge < -0.3 is 13.9 Å². The Morgan fingerprint density at radius 2 is 1.93 bits per heavy atom. The third kappa shape index (κ3) is 5.12. The Kier molecular flexibility index (Phi) is 5.54. The summed E-state index contributed by atoms with van der Waals surface area (Å²) < 4.78 is 50.4. The molecule has 3 aromatic rings. The van der Waals surface area contributed by atoms with E-state index in [-0.39, 0.29) is 24.8 Å². The fourth-order valence-corrected chi connectivity index (χ4v) is 3.10. The first-order chi connectivity index (χ1) is 12.8. The van der Waals surface area contributed by atoms with E-state index in [2.05, 4.69) is 4.98 Å². The number of primary sulfonamides is 1. The van der Waals surface area contributed by atoms with Crippen LogP contribution in [0.1, 0.15) is 21.3 Å². The highest BCUT2D eigenvalue weighted by atomic mass is 32.2. The van der Waals surface area contributed by atoms with Crippen LogP contribution in [0.4, 0.5) is 4.39 Å². The molecule has 3 rings (SSSR count). The lowest BCUT2D eigenvalue weighted by atomic mass is 10.3. The number of halogens is 1. The number of carbonyl (C=O) groups excluding carboxylic acids is 1. The topological polar surface area (TPSA) is 122 Å². The molecule has 11 heteroatoms.